The van der Waals surface area contributed by atoms with Crippen molar-refractivity contribution in [2.75, 3.05) is 13.2 Å². The predicted octanol–water partition coefficient (Wildman–Crippen LogP) is 3.88. The summed E-state index contributed by atoms with van der Waals surface area (Å²) in [4.78, 5) is 45.3. The summed E-state index contributed by atoms with van der Waals surface area (Å²) in [6, 6.07) is -0.866. The first-order valence-electron chi connectivity index (χ1n) is 12.1. The van der Waals surface area contributed by atoms with E-state index in [1.165, 1.54) is 12.5 Å². The third kappa shape index (κ3) is 8.47. The van der Waals surface area contributed by atoms with Gasteiger partial charge in [-0.2, -0.15) is 0 Å². The predicted molar refractivity (Wildman–Crippen MR) is 125 cm³/mol. The summed E-state index contributed by atoms with van der Waals surface area (Å²) in [5.41, 5.74) is 0.634. The summed E-state index contributed by atoms with van der Waals surface area (Å²) < 4.78 is 16.1. The number of amides is 1. The maximum atomic E-state index is 12.6. The number of aromatic nitrogens is 2. The maximum absolute atomic E-state index is 12.6. The first kappa shape index (κ1) is 26.3. The number of ketones is 1. The molecule has 2 aromatic rings. The van der Waals surface area contributed by atoms with Crippen LogP contribution in [0.25, 0.3) is 6.08 Å². The molecular weight excluding hydrogens is 454 g/mol. The van der Waals surface area contributed by atoms with Crippen molar-refractivity contribution in [3.05, 3.63) is 41.8 Å². The van der Waals surface area contributed by atoms with Crippen LogP contribution in [0.15, 0.2) is 27.4 Å². The Morgan fingerprint density at radius 1 is 1.03 bits per heavy atom. The zero-order chi connectivity index (χ0) is 25.0. The second-order valence-corrected chi connectivity index (χ2v) is 8.71. The monoisotopic (exact) mass is 487 g/mol. The van der Waals surface area contributed by atoms with Crippen molar-refractivity contribution >= 4 is 23.7 Å². The number of hydrogen-bond donors (Lipinski definition) is 2. The molecule has 35 heavy (non-hydrogen) atoms. The Morgan fingerprint density at radius 2 is 1.86 bits per heavy atom. The smallest absolute Gasteiger partial charge is 0.305 e. The number of Topliss-reactive ketones (excluding diaryl/α,β-unsaturated/α-hetero) is 1. The Morgan fingerprint density at radius 3 is 2.69 bits per heavy atom. The van der Waals surface area contributed by atoms with Crippen LogP contribution in [0.3, 0.4) is 0 Å². The Labute approximate surface area is 204 Å². The van der Waals surface area contributed by atoms with Crippen molar-refractivity contribution in [3.63, 3.8) is 0 Å². The normalized spacial score (nSPS) is 23.0. The van der Waals surface area contributed by atoms with Crippen LogP contribution in [0, 0.1) is 0 Å². The summed E-state index contributed by atoms with van der Waals surface area (Å²) in [5, 5.41) is 12.4. The number of ether oxygens (including phenoxy) is 1. The minimum Gasteiger partial charge on any atom is -0.466 e. The fourth-order valence-corrected chi connectivity index (χ4v) is 3.70. The molecule has 10 heteroatoms. The Hall–Kier alpha value is -3.27. The van der Waals surface area contributed by atoms with E-state index in [1.807, 2.05) is 13.0 Å². The summed E-state index contributed by atoms with van der Waals surface area (Å²) >= 11 is 0. The van der Waals surface area contributed by atoms with Gasteiger partial charge in [0.1, 0.15) is 24.4 Å². The maximum Gasteiger partial charge on any atom is 0.305 e. The lowest BCUT2D eigenvalue weighted by Crippen LogP contribution is -2.31. The summed E-state index contributed by atoms with van der Waals surface area (Å²) in [6.07, 6.45) is 11.9. The summed E-state index contributed by atoms with van der Waals surface area (Å²) in [6.45, 7) is 1.83. The van der Waals surface area contributed by atoms with Crippen LogP contribution in [0.5, 0.6) is 0 Å². The molecule has 0 fully saturated rings. The molecule has 2 aromatic heterocycles. The Balaban J connectivity index is 1.67. The van der Waals surface area contributed by atoms with Gasteiger partial charge in [0.25, 0.3) is 5.91 Å². The van der Waals surface area contributed by atoms with Gasteiger partial charge >= 0.3 is 5.97 Å². The molecule has 0 aromatic carbocycles. The lowest BCUT2D eigenvalue weighted by Gasteiger charge is -2.11. The number of aliphatic hydroxyl groups is 1. The van der Waals surface area contributed by atoms with E-state index < -0.39 is 18.6 Å². The van der Waals surface area contributed by atoms with Crippen LogP contribution < -0.4 is 5.32 Å². The zero-order valence-corrected chi connectivity index (χ0v) is 20.0. The number of carbonyl (C=O) groups excluding carboxylic acids is 3. The molecule has 10 nitrogen and oxygen atoms in total. The lowest BCUT2D eigenvalue weighted by atomic mass is 9.98. The third-order valence-electron chi connectivity index (χ3n) is 5.74. The molecule has 2 unspecified atom stereocenters. The highest BCUT2D eigenvalue weighted by molar-refractivity contribution is 5.92. The van der Waals surface area contributed by atoms with E-state index in [1.54, 1.807) is 6.08 Å². The average molecular weight is 488 g/mol. The van der Waals surface area contributed by atoms with Crippen LogP contribution in [-0.4, -0.2) is 45.9 Å². The summed E-state index contributed by atoms with van der Waals surface area (Å²) in [5.74, 6) is -0.384. The number of fused-ring (bicyclic) bond motifs is 4. The highest BCUT2D eigenvalue weighted by atomic mass is 16.5. The number of allylic oxidation sites excluding steroid dienone is 1. The van der Waals surface area contributed by atoms with Crippen LogP contribution in [0.4, 0.5) is 0 Å². The van der Waals surface area contributed by atoms with Crippen molar-refractivity contribution < 1.29 is 33.1 Å². The van der Waals surface area contributed by atoms with E-state index >= 15 is 0 Å². The number of carbonyl (C=O) groups is 3. The SMILES string of the molecule is CC1CC(=O)CCCCCC(=O)OCCCC/C=C/c2nc(co2)C(=O)NC(CO)c2nc1co2. The fourth-order valence-electron chi connectivity index (χ4n) is 3.70. The quantitative estimate of drug-likeness (QED) is 0.572. The fraction of sp³-hybridized carbons (Fsp3) is 0.560. The van der Waals surface area contributed by atoms with Crippen molar-refractivity contribution in [2.24, 2.45) is 0 Å². The number of nitrogens with one attached hydrogen (secondary N) is 1. The van der Waals surface area contributed by atoms with Gasteiger partial charge in [-0.05, 0) is 38.2 Å². The molecule has 3 rings (SSSR count). The molecule has 0 aliphatic carbocycles. The van der Waals surface area contributed by atoms with E-state index in [4.69, 9.17) is 13.6 Å². The highest BCUT2D eigenvalue weighted by Gasteiger charge is 2.23. The standard InChI is InChI=1S/C25H33N3O7/c1-17-13-18(30)9-5-4-7-11-23(31)33-12-8-3-2-6-10-22-26-21(16-34-22)24(32)27-19(14-29)25-28-20(17)15-35-25/h6,10,15-17,19,29H,2-5,7-9,11-14H2,1H3,(H,27,32)/b10-6+. The van der Waals surface area contributed by atoms with Crippen LogP contribution in [0.2, 0.25) is 0 Å². The summed E-state index contributed by atoms with van der Waals surface area (Å²) in [7, 11) is 0. The number of aliphatic hydroxyl groups excluding tert-OH is 1. The van der Waals surface area contributed by atoms with Crippen LogP contribution >= 0.6 is 0 Å². The van der Waals surface area contributed by atoms with Gasteiger partial charge in [-0.1, -0.05) is 19.4 Å². The van der Waals surface area contributed by atoms with Crippen molar-refractivity contribution in [1.82, 2.24) is 15.3 Å². The van der Waals surface area contributed by atoms with Gasteiger partial charge < -0.3 is 24.0 Å². The number of cyclic esters (lactones) is 1. The molecule has 1 amide bonds. The van der Waals surface area contributed by atoms with E-state index in [-0.39, 0.29) is 35.1 Å². The van der Waals surface area contributed by atoms with Gasteiger partial charge in [-0.3, -0.25) is 14.4 Å². The Kier molecular flexibility index (Phi) is 10.2. The van der Waals surface area contributed by atoms with E-state index in [0.29, 0.717) is 38.0 Å². The molecule has 4 bridgehead atoms. The van der Waals surface area contributed by atoms with Gasteiger partial charge in [0, 0.05) is 25.2 Å². The minimum absolute atomic E-state index is 0.0614. The zero-order valence-electron chi connectivity index (χ0n) is 20.0. The van der Waals surface area contributed by atoms with Crippen molar-refractivity contribution in [1.29, 1.82) is 0 Å². The molecule has 0 radical (unpaired) electrons. The van der Waals surface area contributed by atoms with Crippen molar-refractivity contribution in [2.45, 2.75) is 76.7 Å². The van der Waals surface area contributed by atoms with Gasteiger partial charge in [0.15, 0.2) is 5.69 Å². The largest absolute Gasteiger partial charge is 0.466 e. The first-order chi connectivity index (χ1) is 17.0. The molecule has 0 saturated heterocycles. The molecule has 190 valence electrons. The number of rotatable bonds is 1. The molecular formula is C25H33N3O7. The highest BCUT2D eigenvalue weighted by Crippen LogP contribution is 2.23. The van der Waals surface area contributed by atoms with E-state index in [0.717, 1.165) is 32.1 Å². The molecule has 0 saturated carbocycles. The van der Waals surface area contributed by atoms with Gasteiger partial charge in [-0.15, -0.1) is 0 Å². The topological polar surface area (TPSA) is 145 Å². The van der Waals surface area contributed by atoms with E-state index in [2.05, 4.69) is 15.3 Å². The van der Waals surface area contributed by atoms with Crippen molar-refractivity contribution in [3.8, 4) is 0 Å². The van der Waals surface area contributed by atoms with Crippen LogP contribution in [0.1, 0.15) is 105 Å². The third-order valence-corrected chi connectivity index (χ3v) is 5.74. The number of hydrogen-bond acceptors (Lipinski definition) is 9. The van der Waals surface area contributed by atoms with Crippen LogP contribution in [-0.2, 0) is 14.3 Å². The number of esters is 1. The molecule has 2 N–H and O–H groups in total. The van der Waals surface area contributed by atoms with Gasteiger partial charge in [0.2, 0.25) is 11.8 Å². The molecule has 1 aliphatic heterocycles. The second-order valence-electron chi connectivity index (χ2n) is 8.71. The molecule has 0 spiro atoms. The lowest BCUT2D eigenvalue weighted by molar-refractivity contribution is -0.143. The van der Waals surface area contributed by atoms with Gasteiger partial charge in [0.05, 0.1) is 18.9 Å². The van der Waals surface area contributed by atoms with Gasteiger partial charge in [-0.25, -0.2) is 9.97 Å². The second kappa shape index (κ2) is 13.6. The molecule has 3 heterocycles. The average Bonchev–Trinajstić information content (AvgIpc) is 3.51. The minimum atomic E-state index is -0.866. The number of nitrogens with zero attached hydrogens (tertiary/aromatic N) is 2. The van der Waals surface area contributed by atoms with E-state index in [9.17, 15) is 19.5 Å². The molecule has 2 atom stereocenters. The Bertz CT molecular complexity index is 1010. The number of oxazole rings is 2. The molecule has 1 aliphatic rings. The first-order valence-corrected chi connectivity index (χ1v) is 12.1.